The number of carbonyl (C=O) groups excluding carboxylic acids is 1. The van der Waals surface area contributed by atoms with E-state index in [0.29, 0.717) is 5.02 Å². The van der Waals surface area contributed by atoms with E-state index >= 15 is 0 Å². The maximum atomic E-state index is 12.5. The Labute approximate surface area is 171 Å². The molecule has 9 nitrogen and oxygen atoms in total. The molecule has 0 aliphatic rings. The molecule has 0 fully saturated rings. The summed E-state index contributed by atoms with van der Waals surface area (Å²) < 4.78 is 30.2. The molecule has 0 atom stereocenters. The van der Waals surface area contributed by atoms with Crippen LogP contribution in [0.5, 0.6) is 5.75 Å². The number of sulfonamides is 1. The molecule has 0 aliphatic heterocycles. The summed E-state index contributed by atoms with van der Waals surface area (Å²) in [5.74, 6) is -0.579. The molecular formula is C16H15Cl2N3O6S. The summed E-state index contributed by atoms with van der Waals surface area (Å²) in [5.41, 5.74) is -0.177. The number of rotatable bonds is 7. The van der Waals surface area contributed by atoms with Crippen molar-refractivity contribution in [3.63, 3.8) is 0 Å². The normalized spacial score (nSPS) is 11.0. The Morgan fingerprint density at radius 3 is 2.46 bits per heavy atom. The molecule has 1 N–H and O–H groups in total. The van der Waals surface area contributed by atoms with Gasteiger partial charge in [-0.15, -0.1) is 0 Å². The molecule has 150 valence electrons. The fourth-order valence-corrected chi connectivity index (χ4v) is 3.72. The van der Waals surface area contributed by atoms with Gasteiger partial charge in [-0.25, -0.2) is 8.42 Å². The number of benzene rings is 2. The van der Waals surface area contributed by atoms with Gasteiger partial charge in [0.15, 0.2) is 0 Å². The minimum Gasteiger partial charge on any atom is -0.495 e. The number of carbonyl (C=O) groups is 1. The number of halogens is 2. The smallest absolute Gasteiger partial charge is 0.271 e. The molecule has 0 aliphatic carbocycles. The van der Waals surface area contributed by atoms with Crippen LogP contribution in [0.3, 0.4) is 0 Å². The highest BCUT2D eigenvalue weighted by molar-refractivity contribution is 7.92. The monoisotopic (exact) mass is 447 g/mol. The molecule has 12 heteroatoms. The Kier molecular flexibility index (Phi) is 6.70. The van der Waals surface area contributed by atoms with Gasteiger partial charge in [0.25, 0.3) is 5.69 Å². The van der Waals surface area contributed by atoms with E-state index in [1.807, 2.05) is 0 Å². The molecule has 0 spiro atoms. The van der Waals surface area contributed by atoms with Crippen LogP contribution >= 0.6 is 23.2 Å². The molecule has 2 rings (SSSR count). The first-order valence-corrected chi connectivity index (χ1v) is 10.2. The van der Waals surface area contributed by atoms with Gasteiger partial charge in [0.05, 0.1) is 34.7 Å². The Morgan fingerprint density at radius 2 is 1.93 bits per heavy atom. The van der Waals surface area contributed by atoms with Gasteiger partial charge >= 0.3 is 0 Å². The molecule has 1 amide bonds. The second kappa shape index (κ2) is 8.63. The lowest BCUT2D eigenvalue weighted by Crippen LogP contribution is -2.37. The van der Waals surface area contributed by atoms with E-state index in [9.17, 15) is 23.3 Å². The number of nitrogens with one attached hydrogen (secondary N) is 1. The number of methoxy groups -OCH3 is 1. The lowest BCUT2D eigenvalue weighted by atomic mass is 10.2. The first kappa shape index (κ1) is 21.7. The van der Waals surface area contributed by atoms with Crippen LogP contribution in [0, 0.1) is 10.1 Å². The molecule has 28 heavy (non-hydrogen) atoms. The first-order chi connectivity index (χ1) is 13.0. The zero-order chi connectivity index (χ0) is 21.1. The summed E-state index contributed by atoms with van der Waals surface area (Å²) in [6, 6.07) is 7.78. The van der Waals surface area contributed by atoms with Crippen molar-refractivity contribution < 1.29 is 22.9 Å². The highest BCUT2D eigenvalue weighted by Crippen LogP contribution is 2.31. The standard InChI is InChI=1S/C16H15Cl2N3O6S/c1-27-15-6-4-11(21(23)24)8-13(15)19-16(22)9-20(28(2,25)26)14-5-3-10(17)7-12(14)18/h3-8H,9H2,1-2H3,(H,19,22). The van der Waals surface area contributed by atoms with Gasteiger partial charge < -0.3 is 10.1 Å². The Bertz CT molecular complexity index is 1030. The minimum atomic E-state index is -3.87. The Morgan fingerprint density at radius 1 is 1.25 bits per heavy atom. The summed E-state index contributed by atoms with van der Waals surface area (Å²) in [7, 11) is -2.55. The number of nitrogens with zero attached hydrogens (tertiary/aromatic N) is 2. The third-order valence-electron chi connectivity index (χ3n) is 3.53. The first-order valence-electron chi connectivity index (χ1n) is 7.58. The van der Waals surface area contributed by atoms with E-state index in [4.69, 9.17) is 27.9 Å². The number of hydrogen-bond donors (Lipinski definition) is 1. The summed E-state index contributed by atoms with van der Waals surface area (Å²) in [5, 5.41) is 13.7. The largest absolute Gasteiger partial charge is 0.495 e. The fraction of sp³-hybridized carbons (Fsp3) is 0.188. The predicted molar refractivity (Wildman–Crippen MR) is 107 cm³/mol. The number of nitro groups is 1. The highest BCUT2D eigenvalue weighted by atomic mass is 35.5. The molecule has 0 bridgehead atoms. The van der Waals surface area contributed by atoms with Crippen molar-refractivity contribution in [2.45, 2.75) is 0 Å². The lowest BCUT2D eigenvalue weighted by Gasteiger charge is -2.23. The van der Waals surface area contributed by atoms with E-state index in [1.54, 1.807) is 0 Å². The van der Waals surface area contributed by atoms with Gasteiger partial charge in [-0.1, -0.05) is 23.2 Å². The Balaban J connectivity index is 2.33. The van der Waals surface area contributed by atoms with Gasteiger partial charge in [0, 0.05) is 17.2 Å². The fourth-order valence-electron chi connectivity index (χ4n) is 2.29. The number of nitro benzene ring substituents is 1. The third kappa shape index (κ3) is 5.24. The van der Waals surface area contributed by atoms with Crippen molar-refractivity contribution in [2.75, 3.05) is 29.5 Å². The molecular weight excluding hydrogens is 433 g/mol. The van der Waals surface area contributed by atoms with Crippen molar-refractivity contribution >= 4 is 56.2 Å². The minimum absolute atomic E-state index is 0.0253. The van der Waals surface area contributed by atoms with Crippen LogP contribution in [0.25, 0.3) is 0 Å². The van der Waals surface area contributed by atoms with Crippen LogP contribution in [0.2, 0.25) is 10.0 Å². The number of non-ortho nitro benzene ring substituents is 1. The van der Waals surface area contributed by atoms with E-state index < -0.39 is 27.4 Å². The molecule has 2 aromatic rings. The van der Waals surface area contributed by atoms with Crippen LogP contribution < -0.4 is 14.4 Å². The highest BCUT2D eigenvalue weighted by Gasteiger charge is 2.24. The number of amides is 1. The summed E-state index contributed by atoms with van der Waals surface area (Å²) in [6.07, 6.45) is 0.916. The van der Waals surface area contributed by atoms with Gasteiger partial charge in [-0.3, -0.25) is 19.2 Å². The summed E-state index contributed by atoms with van der Waals surface area (Å²) >= 11 is 11.9. The molecule has 0 saturated heterocycles. The summed E-state index contributed by atoms with van der Waals surface area (Å²) in [4.78, 5) is 22.8. The van der Waals surface area contributed by atoms with Crippen LogP contribution in [-0.4, -0.2) is 39.2 Å². The van der Waals surface area contributed by atoms with Crippen molar-refractivity contribution in [1.29, 1.82) is 0 Å². The molecule has 0 radical (unpaired) electrons. The molecule has 0 aromatic heterocycles. The van der Waals surface area contributed by atoms with Gasteiger partial charge in [-0.05, 0) is 24.3 Å². The molecule has 2 aromatic carbocycles. The summed E-state index contributed by atoms with van der Waals surface area (Å²) in [6.45, 7) is -0.619. The third-order valence-corrected chi connectivity index (χ3v) is 5.20. The van der Waals surface area contributed by atoms with Crippen LogP contribution in [0.4, 0.5) is 17.1 Å². The average molecular weight is 448 g/mol. The van der Waals surface area contributed by atoms with Crippen LogP contribution in [0.1, 0.15) is 0 Å². The second-order valence-electron chi connectivity index (χ2n) is 5.56. The zero-order valence-electron chi connectivity index (χ0n) is 14.7. The van der Waals surface area contributed by atoms with E-state index in [-0.39, 0.29) is 27.8 Å². The molecule has 0 heterocycles. The number of anilines is 2. The van der Waals surface area contributed by atoms with Crippen molar-refractivity contribution in [3.8, 4) is 5.75 Å². The van der Waals surface area contributed by atoms with Crippen molar-refractivity contribution in [2.24, 2.45) is 0 Å². The topological polar surface area (TPSA) is 119 Å². The maximum absolute atomic E-state index is 12.5. The van der Waals surface area contributed by atoms with Gasteiger partial charge in [0.2, 0.25) is 15.9 Å². The molecule has 0 saturated carbocycles. The second-order valence-corrected chi connectivity index (χ2v) is 8.31. The number of ether oxygens (including phenoxy) is 1. The number of hydrogen-bond acceptors (Lipinski definition) is 6. The van der Waals surface area contributed by atoms with E-state index in [2.05, 4.69) is 5.32 Å². The van der Waals surface area contributed by atoms with Crippen LogP contribution in [-0.2, 0) is 14.8 Å². The lowest BCUT2D eigenvalue weighted by molar-refractivity contribution is -0.384. The zero-order valence-corrected chi connectivity index (χ0v) is 17.0. The van der Waals surface area contributed by atoms with Gasteiger partial charge in [0.1, 0.15) is 12.3 Å². The predicted octanol–water partition coefficient (Wildman–Crippen LogP) is 3.31. The van der Waals surface area contributed by atoms with Crippen LogP contribution in [0.15, 0.2) is 36.4 Å². The maximum Gasteiger partial charge on any atom is 0.271 e. The molecule has 0 unspecified atom stereocenters. The SMILES string of the molecule is COc1ccc([N+](=O)[O-])cc1NC(=O)CN(c1ccc(Cl)cc1Cl)S(C)(=O)=O. The van der Waals surface area contributed by atoms with E-state index in [1.165, 1.54) is 37.4 Å². The quantitative estimate of drug-likeness (QED) is 0.513. The Hall–Kier alpha value is -2.56. The van der Waals surface area contributed by atoms with E-state index in [0.717, 1.165) is 16.6 Å². The average Bonchev–Trinajstić information content (AvgIpc) is 2.59. The van der Waals surface area contributed by atoms with Gasteiger partial charge in [-0.2, -0.15) is 0 Å². The van der Waals surface area contributed by atoms with Crippen molar-refractivity contribution in [3.05, 3.63) is 56.6 Å². The van der Waals surface area contributed by atoms with Crippen molar-refractivity contribution in [1.82, 2.24) is 0 Å².